The number of carbonyl (C=O) groups excluding carboxylic acids is 2. The van der Waals surface area contributed by atoms with E-state index in [4.69, 9.17) is 4.74 Å². The number of hydrogen-bond acceptors (Lipinski definition) is 5. The first kappa shape index (κ1) is 31.7. The van der Waals surface area contributed by atoms with Gasteiger partial charge in [-0.3, -0.25) is 14.6 Å². The van der Waals surface area contributed by atoms with Gasteiger partial charge >= 0.3 is 12.4 Å². The number of piperidine rings is 1. The number of benzene rings is 1. The van der Waals surface area contributed by atoms with E-state index in [0.29, 0.717) is 35.3 Å². The maximum Gasteiger partial charge on any atom is 0.425 e. The predicted octanol–water partition coefficient (Wildman–Crippen LogP) is 7.13. The molecule has 0 saturated carbocycles. The summed E-state index contributed by atoms with van der Waals surface area (Å²) in [5.74, 6) is -2.34. The van der Waals surface area contributed by atoms with E-state index in [0.717, 1.165) is 34.7 Å². The second kappa shape index (κ2) is 12.0. The van der Waals surface area contributed by atoms with Crippen LogP contribution in [0.4, 0.5) is 30.7 Å². The van der Waals surface area contributed by atoms with Crippen molar-refractivity contribution in [2.75, 3.05) is 13.1 Å². The molecule has 0 N–H and O–H groups in total. The van der Waals surface area contributed by atoms with E-state index in [1.54, 1.807) is 13.0 Å². The highest BCUT2D eigenvalue weighted by Crippen LogP contribution is 2.43. The highest BCUT2D eigenvalue weighted by atomic mass is 32.1. The summed E-state index contributed by atoms with van der Waals surface area (Å²) in [6, 6.07) is 5.63. The molecule has 0 radical (unpaired) electrons. The van der Waals surface area contributed by atoms with Crippen LogP contribution in [-0.4, -0.2) is 51.3 Å². The van der Waals surface area contributed by atoms with Crippen LogP contribution in [0.3, 0.4) is 0 Å². The van der Waals surface area contributed by atoms with Gasteiger partial charge in [0.25, 0.3) is 11.8 Å². The Morgan fingerprint density at radius 2 is 1.84 bits per heavy atom. The zero-order chi connectivity index (χ0) is 31.9. The lowest BCUT2D eigenvalue weighted by molar-refractivity contribution is -0.160. The van der Waals surface area contributed by atoms with Crippen molar-refractivity contribution in [3.63, 3.8) is 0 Å². The summed E-state index contributed by atoms with van der Waals surface area (Å²) >= 11 is 0.380. The number of fused-ring (bicyclic) bond motifs is 1. The average Bonchev–Trinajstić information content (AvgIpc) is 3.46. The number of hydrogen-bond donors (Lipinski definition) is 0. The van der Waals surface area contributed by atoms with E-state index in [-0.39, 0.29) is 44.6 Å². The van der Waals surface area contributed by atoms with Gasteiger partial charge in [-0.15, -0.1) is 11.3 Å². The van der Waals surface area contributed by atoms with Gasteiger partial charge in [-0.25, -0.2) is 4.39 Å². The Balaban J connectivity index is 1.58. The van der Waals surface area contributed by atoms with Crippen LogP contribution in [0.5, 0.6) is 5.75 Å². The number of thiophene rings is 1. The number of likely N-dealkylation sites (tertiary alicyclic amines) is 1. The van der Waals surface area contributed by atoms with E-state index in [2.05, 4.69) is 4.98 Å². The molecule has 0 bridgehead atoms. The first-order valence-electron chi connectivity index (χ1n) is 14.0. The molecule has 0 aliphatic carbocycles. The number of pyridine rings is 1. The van der Waals surface area contributed by atoms with E-state index >= 15 is 0 Å². The number of amides is 2. The summed E-state index contributed by atoms with van der Waals surface area (Å²) in [5.41, 5.74) is -2.62. The molecule has 2 amide bonds. The number of rotatable bonds is 6. The van der Waals surface area contributed by atoms with Crippen LogP contribution in [0.15, 0.2) is 48.0 Å². The van der Waals surface area contributed by atoms with Gasteiger partial charge in [0, 0.05) is 43.7 Å². The van der Waals surface area contributed by atoms with Crippen molar-refractivity contribution in [1.82, 2.24) is 14.8 Å². The SMILES string of the molecule is CCC[C@H]1N(C(=O)c2ncccc2C(F)(F)F)CCC[C@@]1(Oc1csc(C(F)(F)F)c1)C(=O)N1CCc2cc(F)ccc2C1. The molecular formula is C30H28F7N3O3S. The molecule has 3 aromatic rings. The fourth-order valence-corrected chi connectivity index (χ4v) is 6.72. The molecule has 4 heterocycles. The third kappa shape index (κ3) is 6.13. The van der Waals surface area contributed by atoms with Crippen LogP contribution in [-0.2, 0) is 30.1 Å². The number of aromatic nitrogens is 1. The lowest BCUT2D eigenvalue weighted by Gasteiger charge is -2.50. The quantitative estimate of drug-likeness (QED) is 0.268. The minimum absolute atomic E-state index is 0.00139. The summed E-state index contributed by atoms with van der Waals surface area (Å²) in [7, 11) is 0. The molecule has 0 unspecified atom stereocenters. The van der Waals surface area contributed by atoms with Crippen molar-refractivity contribution in [2.45, 2.75) is 69.6 Å². The van der Waals surface area contributed by atoms with Crippen LogP contribution in [0.2, 0.25) is 0 Å². The van der Waals surface area contributed by atoms with Gasteiger partial charge in [0.2, 0.25) is 5.60 Å². The first-order chi connectivity index (χ1) is 20.7. The fraction of sp³-hybridized carbons (Fsp3) is 0.433. The summed E-state index contributed by atoms with van der Waals surface area (Å²) in [6.07, 6.45) is -7.58. The van der Waals surface area contributed by atoms with Crippen molar-refractivity contribution < 1.29 is 45.1 Å². The van der Waals surface area contributed by atoms with Crippen LogP contribution in [0, 0.1) is 5.82 Å². The minimum atomic E-state index is -4.88. The molecule has 44 heavy (non-hydrogen) atoms. The van der Waals surface area contributed by atoms with Gasteiger partial charge in [0.05, 0.1) is 11.6 Å². The van der Waals surface area contributed by atoms with Gasteiger partial charge in [-0.05, 0) is 54.7 Å². The Labute approximate surface area is 252 Å². The molecular weight excluding hydrogens is 615 g/mol. The van der Waals surface area contributed by atoms with Gasteiger partial charge in [0.1, 0.15) is 22.1 Å². The largest absolute Gasteiger partial charge is 0.474 e. The molecule has 1 fully saturated rings. The Bertz CT molecular complexity index is 1540. The van der Waals surface area contributed by atoms with Crippen molar-refractivity contribution in [2.24, 2.45) is 0 Å². The third-order valence-corrected chi connectivity index (χ3v) is 8.94. The molecule has 2 atom stereocenters. The molecule has 236 valence electrons. The fourth-order valence-electron chi connectivity index (χ4n) is 6.04. The Kier molecular flexibility index (Phi) is 8.67. The van der Waals surface area contributed by atoms with E-state index in [1.807, 2.05) is 0 Å². The lowest BCUT2D eigenvalue weighted by Crippen LogP contribution is -2.68. The predicted molar refractivity (Wildman–Crippen MR) is 146 cm³/mol. The number of alkyl halides is 6. The van der Waals surface area contributed by atoms with Crippen molar-refractivity contribution in [3.8, 4) is 5.75 Å². The zero-order valence-electron chi connectivity index (χ0n) is 23.5. The number of nitrogens with zero attached hydrogens (tertiary/aromatic N) is 3. The van der Waals surface area contributed by atoms with Crippen LogP contribution in [0.1, 0.15) is 64.7 Å². The van der Waals surface area contributed by atoms with Crippen LogP contribution in [0.25, 0.3) is 0 Å². The zero-order valence-corrected chi connectivity index (χ0v) is 24.3. The average molecular weight is 644 g/mol. The second-order valence-corrected chi connectivity index (χ2v) is 11.7. The van der Waals surface area contributed by atoms with E-state index < -0.39 is 57.8 Å². The Morgan fingerprint density at radius 3 is 2.52 bits per heavy atom. The summed E-state index contributed by atoms with van der Waals surface area (Å²) in [5, 5.41) is 1.12. The van der Waals surface area contributed by atoms with Crippen molar-refractivity contribution >= 4 is 23.2 Å². The third-order valence-electron chi connectivity index (χ3n) is 7.98. The highest BCUT2D eigenvalue weighted by Gasteiger charge is 2.56. The summed E-state index contributed by atoms with van der Waals surface area (Å²) < 4.78 is 102. The second-order valence-electron chi connectivity index (χ2n) is 10.8. The molecule has 0 spiro atoms. The van der Waals surface area contributed by atoms with Crippen LogP contribution >= 0.6 is 11.3 Å². The molecule has 1 aromatic carbocycles. The number of carbonyl (C=O) groups is 2. The topological polar surface area (TPSA) is 62.7 Å². The normalized spacial score (nSPS) is 20.8. The number of halogens is 7. The van der Waals surface area contributed by atoms with Gasteiger partial charge < -0.3 is 14.5 Å². The molecule has 2 aliphatic heterocycles. The van der Waals surface area contributed by atoms with Crippen LogP contribution < -0.4 is 4.74 Å². The number of ether oxygens (including phenoxy) is 1. The lowest BCUT2D eigenvalue weighted by atomic mass is 9.79. The standard InChI is InChI=1S/C30H28F7N3O3S/c1-2-5-23-28(43-21-15-24(44-17-21)30(35,36)37,27(42)39-13-9-18-14-20(31)8-7-19(18)16-39)10-4-12-40(23)26(41)25-22(29(32,33)34)6-3-11-38-25/h3,6-8,11,14-15,17,23H,2,4-5,9-10,12-13,16H2,1H3/t23-,28+/m1/s1. The smallest absolute Gasteiger partial charge is 0.425 e. The molecule has 6 nitrogen and oxygen atoms in total. The summed E-state index contributed by atoms with van der Waals surface area (Å²) in [6.45, 7) is 1.94. The highest BCUT2D eigenvalue weighted by molar-refractivity contribution is 7.10. The summed E-state index contributed by atoms with van der Waals surface area (Å²) in [4.78, 5) is 33.8. The Hall–Kier alpha value is -3.68. The molecule has 1 saturated heterocycles. The molecule has 14 heteroatoms. The van der Waals surface area contributed by atoms with Crippen molar-refractivity contribution in [1.29, 1.82) is 0 Å². The van der Waals surface area contributed by atoms with Gasteiger partial charge in [-0.2, -0.15) is 26.3 Å². The van der Waals surface area contributed by atoms with Crippen molar-refractivity contribution in [3.05, 3.63) is 81.1 Å². The maximum atomic E-state index is 14.6. The Morgan fingerprint density at radius 1 is 1.07 bits per heavy atom. The monoisotopic (exact) mass is 643 g/mol. The molecule has 5 rings (SSSR count). The maximum absolute atomic E-state index is 14.6. The van der Waals surface area contributed by atoms with E-state index in [1.165, 1.54) is 17.0 Å². The van der Waals surface area contributed by atoms with E-state index in [9.17, 15) is 40.3 Å². The first-order valence-corrected chi connectivity index (χ1v) is 14.9. The van der Waals surface area contributed by atoms with Gasteiger partial charge in [0.15, 0.2) is 0 Å². The molecule has 2 aliphatic rings. The molecule has 2 aromatic heterocycles. The minimum Gasteiger partial charge on any atom is -0.474 e. The van der Waals surface area contributed by atoms with Gasteiger partial charge in [-0.1, -0.05) is 19.4 Å².